The Labute approximate surface area is 104 Å². The van der Waals surface area contributed by atoms with E-state index in [1.54, 1.807) is 6.92 Å². The van der Waals surface area contributed by atoms with Gasteiger partial charge < -0.3 is 10.1 Å². The van der Waals surface area contributed by atoms with Crippen LogP contribution in [0.5, 0.6) is 0 Å². The number of carboxylic acids is 1. The quantitative estimate of drug-likeness (QED) is 0.491. The number of aliphatic carboxylic acids is 1. The summed E-state index contributed by atoms with van der Waals surface area (Å²) in [6.45, 7) is 1.78. The molecule has 2 N–H and O–H groups in total. The lowest BCUT2D eigenvalue weighted by atomic mass is 10.3. The molecule has 15 heavy (non-hydrogen) atoms. The van der Waals surface area contributed by atoms with Crippen LogP contribution in [0.1, 0.15) is 13.3 Å². The number of hydrogen-bond donors (Lipinski definition) is 2. The van der Waals surface area contributed by atoms with Gasteiger partial charge in [0.25, 0.3) is 5.56 Å². The first kappa shape index (κ1) is 12.5. The van der Waals surface area contributed by atoms with Crippen LogP contribution in [0, 0.1) is 3.57 Å². The smallest absolute Gasteiger partial charge is 0.317 e. The zero-order valence-electron chi connectivity index (χ0n) is 7.86. The molecule has 0 radical (unpaired) electrons. The number of halogens is 1. The fraction of sp³-hybridized carbons (Fsp3) is 0.375. The molecule has 1 aromatic rings. The van der Waals surface area contributed by atoms with E-state index in [1.165, 1.54) is 6.33 Å². The third-order valence-electron chi connectivity index (χ3n) is 1.66. The van der Waals surface area contributed by atoms with E-state index < -0.39 is 11.2 Å². The molecule has 1 atom stereocenters. The number of aromatic amines is 1. The second kappa shape index (κ2) is 5.50. The fourth-order valence-corrected chi connectivity index (χ4v) is 2.42. The summed E-state index contributed by atoms with van der Waals surface area (Å²) >= 11 is 2.96. The fourth-order valence-electron chi connectivity index (χ4n) is 0.892. The van der Waals surface area contributed by atoms with Crippen LogP contribution in [-0.2, 0) is 4.79 Å². The SMILES string of the molecule is CCC(Sc1nc[nH]c(=O)c1I)C(=O)O. The summed E-state index contributed by atoms with van der Waals surface area (Å²) < 4.78 is 0.430. The Balaban J connectivity index is 2.93. The Morgan fingerprint density at radius 1 is 1.80 bits per heavy atom. The number of thioether (sulfide) groups is 1. The lowest BCUT2D eigenvalue weighted by Crippen LogP contribution is -2.17. The summed E-state index contributed by atoms with van der Waals surface area (Å²) in [6, 6.07) is 0. The van der Waals surface area contributed by atoms with Crippen molar-refractivity contribution in [3.63, 3.8) is 0 Å². The van der Waals surface area contributed by atoms with E-state index in [-0.39, 0.29) is 5.56 Å². The van der Waals surface area contributed by atoms with Crippen LogP contribution in [-0.4, -0.2) is 26.3 Å². The molecule has 0 bridgehead atoms. The van der Waals surface area contributed by atoms with Gasteiger partial charge in [0.15, 0.2) is 0 Å². The van der Waals surface area contributed by atoms with Gasteiger partial charge in [0.1, 0.15) is 13.8 Å². The summed E-state index contributed by atoms with van der Waals surface area (Å²) in [7, 11) is 0. The Morgan fingerprint density at radius 3 is 3.00 bits per heavy atom. The number of carbonyl (C=O) groups is 1. The van der Waals surface area contributed by atoms with Crippen LogP contribution < -0.4 is 5.56 Å². The second-order valence-electron chi connectivity index (χ2n) is 2.70. The molecule has 82 valence electrons. The van der Waals surface area contributed by atoms with Gasteiger partial charge in [-0.2, -0.15) is 0 Å². The number of carboxylic acid groups (broad SMARTS) is 1. The molecule has 0 fully saturated rings. The molecule has 1 rings (SSSR count). The van der Waals surface area contributed by atoms with Crippen LogP contribution >= 0.6 is 34.4 Å². The van der Waals surface area contributed by atoms with Crippen molar-refractivity contribution in [3.8, 4) is 0 Å². The molecule has 0 aliphatic carbocycles. The first-order valence-electron chi connectivity index (χ1n) is 4.19. The largest absolute Gasteiger partial charge is 0.480 e. The maximum absolute atomic E-state index is 11.2. The molecule has 0 aliphatic heterocycles. The Bertz CT molecular complexity index is 421. The zero-order valence-corrected chi connectivity index (χ0v) is 10.8. The molecule has 1 heterocycles. The maximum Gasteiger partial charge on any atom is 0.317 e. The molecular weight excluding hydrogens is 331 g/mol. The van der Waals surface area contributed by atoms with Crippen LogP contribution in [0.25, 0.3) is 0 Å². The number of aromatic nitrogens is 2. The molecule has 0 amide bonds. The van der Waals surface area contributed by atoms with Crippen molar-refractivity contribution in [2.24, 2.45) is 0 Å². The van der Waals surface area contributed by atoms with Crippen molar-refractivity contribution in [1.82, 2.24) is 9.97 Å². The predicted octanol–water partition coefficient (Wildman–Crippen LogP) is 1.33. The topological polar surface area (TPSA) is 83.0 Å². The van der Waals surface area contributed by atoms with Gasteiger partial charge in [-0.25, -0.2) is 4.98 Å². The second-order valence-corrected chi connectivity index (χ2v) is 4.97. The van der Waals surface area contributed by atoms with Crippen LogP contribution in [0.4, 0.5) is 0 Å². The summed E-state index contributed by atoms with van der Waals surface area (Å²) in [6.07, 6.45) is 1.77. The van der Waals surface area contributed by atoms with Gasteiger partial charge in [-0.1, -0.05) is 18.7 Å². The normalized spacial score (nSPS) is 12.4. The highest BCUT2D eigenvalue weighted by atomic mass is 127. The zero-order chi connectivity index (χ0) is 11.4. The molecule has 1 aromatic heterocycles. The van der Waals surface area contributed by atoms with Gasteiger partial charge in [0, 0.05) is 0 Å². The summed E-state index contributed by atoms with van der Waals surface area (Å²) in [5.74, 6) is -0.889. The van der Waals surface area contributed by atoms with E-state index in [4.69, 9.17) is 5.11 Å². The van der Waals surface area contributed by atoms with Crippen LogP contribution in [0.3, 0.4) is 0 Å². The van der Waals surface area contributed by atoms with E-state index in [9.17, 15) is 9.59 Å². The van der Waals surface area contributed by atoms with E-state index >= 15 is 0 Å². The van der Waals surface area contributed by atoms with Gasteiger partial charge in [-0.05, 0) is 29.0 Å². The summed E-state index contributed by atoms with van der Waals surface area (Å²) in [5, 5.41) is 8.76. The minimum absolute atomic E-state index is 0.242. The molecule has 0 aromatic carbocycles. The lowest BCUT2D eigenvalue weighted by Gasteiger charge is -2.08. The molecule has 7 heteroatoms. The first-order chi connectivity index (χ1) is 7.06. The average Bonchev–Trinajstić information content (AvgIpc) is 2.19. The number of nitrogens with zero attached hydrogens (tertiary/aromatic N) is 1. The van der Waals surface area contributed by atoms with Crippen molar-refractivity contribution in [3.05, 3.63) is 20.3 Å². The Hall–Kier alpha value is -0.570. The highest BCUT2D eigenvalue weighted by Gasteiger charge is 2.19. The maximum atomic E-state index is 11.2. The minimum Gasteiger partial charge on any atom is -0.480 e. The van der Waals surface area contributed by atoms with Crippen LogP contribution in [0.15, 0.2) is 16.1 Å². The summed E-state index contributed by atoms with van der Waals surface area (Å²) in [4.78, 5) is 28.4. The number of rotatable bonds is 4. The van der Waals surface area contributed by atoms with E-state index in [0.717, 1.165) is 11.8 Å². The monoisotopic (exact) mass is 340 g/mol. The molecule has 0 aliphatic rings. The number of hydrogen-bond acceptors (Lipinski definition) is 4. The van der Waals surface area contributed by atoms with Crippen LogP contribution in [0.2, 0.25) is 0 Å². The van der Waals surface area contributed by atoms with Crippen molar-refractivity contribution in [1.29, 1.82) is 0 Å². The number of nitrogens with one attached hydrogen (secondary N) is 1. The van der Waals surface area contributed by atoms with E-state index in [0.29, 0.717) is 15.0 Å². The van der Waals surface area contributed by atoms with Gasteiger partial charge in [0.05, 0.1) is 6.33 Å². The third kappa shape index (κ3) is 3.20. The van der Waals surface area contributed by atoms with Crippen molar-refractivity contribution >= 4 is 40.3 Å². The van der Waals surface area contributed by atoms with Gasteiger partial charge in [-0.15, -0.1) is 0 Å². The average molecular weight is 340 g/mol. The molecule has 0 spiro atoms. The predicted molar refractivity (Wildman–Crippen MR) is 65.1 cm³/mol. The first-order valence-corrected chi connectivity index (χ1v) is 6.14. The van der Waals surface area contributed by atoms with E-state index in [2.05, 4.69) is 9.97 Å². The van der Waals surface area contributed by atoms with Gasteiger partial charge >= 0.3 is 5.97 Å². The van der Waals surface area contributed by atoms with E-state index in [1.807, 2.05) is 22.6 Å². The van der Waals surface area contributed by atoms with Crippen molar-refractivity contribution in [2.45, 2.75) is 23.6 Å². The highest BCUT2D eigenvalue weighted by Crippen LogP contribution is 2.25. The van der Waals surface area contributed by atoms with Crippen molar-refractivity contribution < 1.29 is 9.90 Å². The highest BCUT2D eigenvalue weighted by molar-refractivity contribution is 14.1. The van der Waals surface area contributed by atoms with Crippen molar-refractivity contribution in [2.75, 3.05) is 0 Å². The molecule has 0 saturated carbocycles. The summed E-state index contributed by atoms with van der Waals surface area (Å²) in [5.41, 5.74) is -0.242. The standard InChI is InChI=1S/C8H9IN2O3S/c1-2-4(8(13)14)15-7-5(9)6(12)10-3-11-7/h3-4H,2H2,1H3,(H,13,14)(H,10,11,12). The number of H-pyrrole nitrogens is 1. The van der Waals surface area contributed by atoms with Gasteiger partial charge in [0.2, 0.25) is 0 Å². The third-order valence-corrected chi connectivity index (χ3v) is 4.38. The molecule has 1 unspecified atom stereocenters. The molecule has 0 saturated heterocycles. The Kier molecular flexibility index (Phi) is 4.58. The molecular formula is C8H9IN2O3S. The minimum atomic E-state index is -0.889. The lowest BCUT2D eigenvalue weighted by molar-refractivity contribution is -0.136. The molecule has 5 nitrogen and oxygen atoms in total. The Morgan fingerprint density at radius 2 is 2.47 bits per heavy atom. The van der Waals surface area contributed by atoms with Gasteiger partial charge in [-0.3, -0.25) is 9.59 Å².